The fraction of sp³-hybridized carbons (Fsp3) is 0.529. The number of non-ortho nitro benzene ring substituents is 1. The van der Waals surface area contributed by atoms with Gasteiger partial charge in [-0.15, -0.1) is 6.58 Å². The fourth-order valence-electron chi connectivity index (χ4n) is 6.77. The van der Waals surface area contributed by atoms with Crippen LogP contribution in [0.1, 0.15) is 63.0 Å². The number of ether oxygens (including phenoxy) is 1. The van der Waals surface area contributed by atoms with E-state index in [2.05, 4.69) is 54.9 Å². The van der Waals surface area contributed by atoms with Crippen LogP contribution in [-0.2, 0) is 16.1 Å². The number of piperidine rings is 1. The molecule has 1 aliphatic carbocycles. The normalized spacial score (nSPS) is 21.6. The van der Waals surface area contributed by atoms with Crippen molar-refractivity contribution in [3.8, 4) is 0 Å². The largest absolute Gasteiger partial charge is 0.480 e. The van der Waals surface area contributed by atoms with Gasteiger partial charge < -0.3 is 25.0 Å². The number of hydrogen-bond donors (Lipinski definition) is 2. The molecule has 0 spiro atoms. The molecule has 1 saturated carbocycles. The van der Waals surface area contributed by atoms with E-state index in [4.69, 9.17) is 4.74 Å². The molecule has 10 nitrogen and oxygen atoms in total. The number of rotatable bonds is 14. The molecule has 1 saturated heterocycles. The van der Waals surface area contributed by atoms with Crippen LogP contribution in [0, 0.1) is 22.0 Å². The molecule has 0 radical (unpaired) electrons. The molecule has 1 amide bonds. The quantitative estimate of drug-likeness (QED) is 0.156. The van der Waals surface area contributed by atoms with Crippen LogP contribution in [0.25, 0.3) is 0 Å². The van der Waals surface area contributed by atoms with Crippen molar-refractivity contribution in [2.24, 2.45) is 11.8 Å². The van der Waals surface area contributed by atoms with Gasteiger partial charge in [0, 0.05) is 50.4 Å². The summed E-state index contributed by atoms with van der Waals surface area (Å²) >= 11 is 0. The Labute approximate surface area is 260 Å². The number of nitro benzene ring substituents is 1. The van der Waals surface area contributed by atoms with Crippen LogP contribution in [0.15, 0.2) is 67.3 Å². The number of nitrogens with zero attached hydrogens (tertiary/aromatic N) is 3. The van der Waals surface area contributed by atoms with Crippen LogP contribution >= 0.6 is 0 Å². The Morgan fingerprint density at radius 1 is 1.14 bits per heavy atom. The zero-order valence-corrected chi connectivity index (χ0v) is 25.8. The van der Waals surface area contributed by atoms with E-state index in [1.807, 2.05) is 6.07 Å². The van der Waals surface area contributed by atoms with Gasteiger partial charge in [-0.3, -0.25) is 14.9 Å². The summed E-state index contributed by atoms with van der Waals surface area (Å²) in [4.78, 5) is 39.7. The molecule has 44 heavy (non-hydrogen) atoms. The van der Waals surface area contributed by atoms with Crippen LogP contribution in [0.2, 0.25) is 0 Å². The lowest BCUT2D eigenvalue weighted by Gasteiger charge is -2.39. The Balaban J connectivity index is 1.34. The number of hydrogen-bond acceptors (Lipinski definition) is 7. The first kappa shape index (κ1) is 33.1. The number of nitro groups is 1. The molecule has 4 rings (SSSR count). The van der Waals surface area contributed by atoms with Crippen molar-refractivity contribution in [3.05, 3.63) is 88.5 Å². The Hall–Kier alpha value is -3.76. The lowest BCUT2D eigenvalue weighted by atomic mass is 9.88. The summed E-state index contributed by atoms with van der Waals surface area (Å²) in [7, 11) is 0. The third-order valence-corrected chi connectivity index (χ3v) is 8.92. The first-order valence-corrected chi connectivity index (χ1v) is 15.7. The maximum atomic E-state index is 13.1. The van der Waals surface area contributed by atoms with Gasteiger partial charge in [0.1, 0.15) is 12.6 Å². The number of carboxylic acids is 1. The van der Waals surface area contributed by atoms with Crippen molar-refractivity contribution in [3.63, 3.8) is 0 Å². The maximum absolute atomic E-state index is 13.1. The number of aliphatic carboxylic acids is 1. The van der Waals surface area contributed by atoms with Gasteiger partial charge in [0.25, 0.3) is 5.69 Å². The predicted octanol–water partition coefficient (Wildman–Crippen LogP) is 5.84. The van der Waals surface area contributed by atoms with Crippen molar-refractivity contribution >= 4 is 17.7 Å². The van der Waals surface area contributed by atoms with Crippen molar-refractivity contribution < 1.29 is 24.4 Å². The summed E-state index contributed by atoms with van der Waals surface area (Å²) < 4.78 is 5.59. The number of amides is 1. The Morgan fingerprint density at radius 3 is 2.41 bits per heavy atom. The van der Waals surface area contributed by atoms with E-state index in [0.29, 0.717) is 36.3 Å². The lowest BCUT2D eigenvalue weighted by molar-refractivity contribution is -0.384. The first-order valence-electron chi connectivity index (χ1n) is 15.7. The average Bonchev–Trinajstić information content (AvgIpc) is 3.41. The summed E-state index contributed by atoms with van der Waals surface area (Å²) in [6.45, 7) is 11.0. The summed E-state index contributed by atoms with van der Waals surface area (Å²) in [5.41, 5.74) is 1.99. The van der Waals surface area contributed by atoms with Gasteiger partial charge in [-0.1, -0.05) is 50.3 Å². The van der Waals surface area contributed by atoms with E-state index in [0.717, 1.165) is 45.3 Å². The van der Waals surface area contributed by atoms with Crippen molar-refractivity contribution in [1.29, 1.82) is 0 Å². The number of likely N-dealkylation sites (tertiary alicyclic amines) is 1. The minimum absolute atomic E-state index is 0.00446. The van der Waals surface area contributed by atoms with E-state index in [-0.39, 0.29) is 24.4 Å². The van der Waals surface area contributed by atoms with E-state index >= 15 is 0 Å². The molecule has 4 atom stereocenters. The highest BCUT2D eigenvalue weighted by molar-refractivity contribution is 5.73. The van der Waals surface area contributed by atoms with Crippen molar-refractivity contribution in [1.82, 2.24) is 15.1 Å². The zero-order chi connectivity index (χ0) is 31.6. The maximum Gasteiger partial charge on any atom is 0.410 e. The third-order valence-electron chi connectivity index (χ3n) is 8.92. The molecule has 0 aromatic heterocycles. The highest BCUT2D eigenvalue weighted by Crippen LogP contribution is 2.41. The van der Waals surface area contributed by atoms with Gasteiger partial charge in [-0.05, 0) is 73.1 Å². The number of carbonyl (C=O) groups is 2. The topological polar surface area (TPSA) is 125 Å². The summed E-state index contributed by atoms with van der Waals surface area (Å²) in [6, 6.07) is 16.2. The minimum atomic E-state index is -0.782. The number of benzene rings is 2. The standard InChI is InChI=1S/C34H46N4O6/c1-4-16-37(34(41)44-23-25-10-12-30(13-11-25)38(42)43)29-14-17-36(18-15-29)22-27-20-28(35-32(33(39)40)19-24(2)3)21-31(27)26-8-6-5-7-9-26/h4-13,24,27-29,31-32,35H,1,14-23H2,2-3H3,(H,39,40)/t27-,28?,31-,32?/m1/s1. The van der Waals surface area contributed by atoms with Crippen molar-refractivity contribution in [2.75, 3.05) is 26.2 Å². The number of carboxylic acid groups (broad SMARTS) is 1. The summed E-state index contributed by atoms with van der Waals surface area (Å²) in [6.07, 6.45) is 5.39. The Bertz CT molecular complexity index is 1250. The molecule has 2 aliphatic rings. The highest BCUT2D eigenvalue weighted by Gasteiger charge is 2.39. The molecule has 10 heteroatoms. The average molecular weight is 607 g/mol. The first-order chi connectivity index (χ1) is 21.1. The second-order valence-electron chi connectivity index (χ2n) is 12.6. The molecule has 2 fully saturated rings. The molecule has 1 heterocycles. The van der Waals surface area contributed by atoms with Gasteiger partial charge in [0.2, 0.25) is 0 Å². The number of carbonyl (C=O) groups excluding carboxylic acids is 1. The molecule has 238 valence electrons. The van der Waals surface area contributed by atoms with Crippen LogP contribution < -0.4 is 5.32 Å². The third kappa shape index (κ3) is 9.12. The molecule has 2 aromatic carbocycles. The Morgan fingerprint density at radius 2 is 1.82 bits per heavy atom. The molecule has 2 aromatic rings. The zero-order valence-electron chi connectivity index (χ0n) is 25.8. The molecular formula is C34H46N4O6. The summed E-state index contributed by atoms with van der Waals surface area (Å²) in [5.74, 6) is 0.269. The molecule has 2 N–H and O–H groups in total. The second kappa shape index (κ2) is 15.8. The molecule has 1 aliphatic heterocycles. The van der Waals surface area contributed by atoms with E-state index < -0.39 is 23.0 Å². The molecule has 2 unspecified atom stereocenters. The predicted molar refractivity (Wildman–Crippen MR) is 169 cm³/mol. The van der Waals surface area contributed by atoms with Crippen LogP contribution in [-0.4, -0.2) is 76.2 Å². The SMILES string of the molecule is C=CCN(C(=O)OCc1ccc([N+](=O)[O-])cc1)C1CCN(C[C@H]2CC(NC(CC(C)C)C(=O)O)C[C@@H]2c2ccccc2)CC1. The van der Waals surface area contributed by atoms with Gasteiger partial charge in [-0.2, -0.15) is 0 Å². The summed E-state index contributed by atoms with van der Waals surface area (Å²) in [5, 5.41) is 24.2. The molecular weight excluding hydrogens is 560 g/mol. The van der Waals surface area contributed by atoms with Gasteiger partial charge in [0.15, 0.2) is 0 Å². The van der Waals surface area contributed by atoms with E-state index in [1.54, 1.807) is 23.1 Å². The second-order valence-corrected chi connectivity index (χ2v) is 12.6. The molecule has 0 bridgehead atoms. The van der Waals surface area contributed by atoms with Crippen molar-refractivity contribution in [2.45, 2.75) is 76.6 Å². The minimum Gasteiger partial charge on any atom is -0.480 e. The monoisotopic (exact) mass is 606 g/mol. The lowest BCUT2D eigenvalue weighted by Crippen LogP contribution is -2.48. The smallest absolute Gasteiger partial charge is 0.410 e. The fourth-order valence-corrected chi connectivity index (χ4v) is 6.77. The van der Waals surface area contributed by atoms with Gasteiger partial charge in [-0.25, -0.2) is 4.79 Å². The van der Waals surface area contributed by atoms with Crippen LogP contribution in [0.5, 0.6) is 0 Å². The van der Waals surface area contributed by atoms with Gasteiger partial charge in [0.05, 0.1) is 4.92 Å². The highest BCUT2D eigenvalue weighted by atomic mass is 16.6. The van der Waals surface area contributed by atoms with Gasteiger partial charge >= 0.3 is 12.1 Å². The van der Waals surface area contributed by atoms with Crippen LogP contribution in [0.4, 0.5) is 10.5 Å². The van der Waals surface area contributed by atoms with E-state index in [9.17, 15) is 24.8 Å². The number of nitrogens with one attached hydrogen (secondary N) is 1. The van der Waals surface area contributed by atoms with E-state index in [1.165, 1.54) is 17.7 Å². The van der Waals surface area contributed by atoms with Crippen LogP contribution in [0.3, 0.4) is 0 Å². The Kier molecular flexibility index (Phi) is 11.9.